The van der Waals surface area contributed by atoms with E-state index in [0.717, 1.165) is 28.9 Å². The second kappa shape index (κ2) is 6.44. The van der Waals surface area contributed by atoms with Crippen molar-refractivity contribution < 1.29 is 18.0 Å². The number of rotatable bonds is 4. The monoisotopic (exact) mass is 333 g/mol. The first-order valence-corrected chi connectivity index (χ1v) is 7.49. The van der Waals surface area contributed by atoms with Crippen molar-refractivity contribution in [3.8, 4) is 0 Å². The third-order valence-electron chi connectivity index (χ3n) is 2.45. The number of benzene rings is 1. The molecule has 112 valence electrons. The Morgan fingerprint density at radius 1 is 1.29 bits per heavy atom. The third kappa shape index (κ3) is 3.73. The smallest absolute Gasteiger partial charge is 0.237 e. The van der Waals surface area contributed by atoms with Crippen LogP contribution in [-0.4, -0.2) is 21.4 Å². The minimum Gasteiger partial charge on any atom is -0.323 e. The zero-order valence-electron chi connectivity index (χ0n) is 11.0. The number of aromatic nitrogens is 2. The van der Waals surface area contributed by atoms with Crippen LogP contribution >= 0.6 is 23.1 Å². The molecule has 1 aromatic carbocycles. The van der Waals surface area contributed by atoms with Crippen LogP contribution in [0, 0.1) is 24.4 Å². The van der Waals surface area contributed by atoms with Gasteiger partial charge in [0.2, 0.25) is 5.91 Å². The van der Waals surface area contributed by atoms with Gasteiger partial charge in [-0.1, -0.05) is 23.1 Å². The molecule has 0 aliphatic rings. The summed E-state index contributed by atoms with van der Waals surface area (Å²) in [5.74, 6) is -4.89. The average Bonchev–Trinajstić information content (AvgIpc) is 2.84. The topological polar surface area (TPSA) is 54.9 Å². The zero-order chi connectivity index (χ0) is 15.6. The van der Waals surface area contributed by atoms with Gasteiger partial charge in [-0.15, -0.1) is 10.2 Å². The third-order valence-corrected chi connectivity index (χ3v) is 4.47. The highest BCUT2D eigenvalue weighted by atomic mass is 32.2. The van der Waals surface area contributed by atoms with E-state index in [1.807, 2.05) is 0 Å². The van der Waals surface area contributed by atoms with Crippen molar-refractivity contribution in [2.24, 2.45) is 0 Å². The van der Waals surface area contributed by atoms with Gasteiger partial charge in [0.25, 0.3) is 0 Å². The second-order valence-corrected chi connectivity index (χ2v) is 6.83. The molecule has 0 saturated heterocycles. The normalized spacial score (nSPS) is 12.2. The van der Waals surface area contributed by atoms with E-state index in [2.05, 4.69) is 15.5 Å². The van der Waals surface area contributed by atoms with Crippen LogP contribution in [0.5, 0.6) is 0 Å². The molecule has 1 aromatic heterocycles. The van der Waals surface area contributed by atoms with Crippen LogP contribution in [0.1, 0.15) is 11.9 Å². The van der Waals surface area contributed by atoms with Gasteiger partial charge in [-0.05, 0) is 26.0 Å². The molecule has 2 aromatic rings. The summed E-state index contributed by atoms with van der Waals surface area (Å²) >= 11 is 2.47. The largest absolute Gasteiger partial charge is 0.323 e. The van der Waals surface area contributed by atoms with E-state index >= 15 is 0 Å². The molecule has 0 saturated carbocycles. The lowest BCUT2D eigenvalue weighted by atomic mass is 10.2. The highest BCUT2D eigenvalue weighted by molar-refractivity contribution is 8.02. The summed E-state index contributed by atoms with van der Waals surface area (Å²) in [5.41, 5.74) is -0.403. The van der Waals surface area contributed by atoms with Gasteiger partial charge >= 0.3 is 0 Å². The van der Waals surface area contributed by atoms with Crippen LogP contribution in [-0.2, 0) is 4.79 Å². The molecule has 0 aliphatic carbocycles. The first-order chi connectivity index (χ1) is 9.88. The Morgan fingerprint density at radius 2 is 2.00 bits per heavy atom. The number of halogens is 3. The average molecular weight is 333 g/mol. The van der Waals surface area contributed by atoms with E-state index in [4.69, 9.17) is 0 Å². The molecule has 1 amide bonds. The molecule has 1 N–H and O–H groups in total. The SMILES string of the molecule is Cc1nnc(S[C@H](C)C(=O)Nc2ccc(F)c(F)c2F)s1. The fraction of sp³-hybridized carbons (Fsp3) is 0.250. The molecule has 0 spiro atoms. The molecule has 0 radical (unpaired) electrons. The van der Waals surface area contributed by atoms with Crippen molar-refractivity contribution in [2.45, 2.75) is 23.4 Å². The number of aryl methyl sites for hydroxylation is 1. The number of hydrogen-bond donors (Lipinski definition) is 1. The molecular weight excluding hydrogens is 323 g/mol. The maximum Gasteiger partial charge on any atom is 0.237 e. The lowest BCUT2D eigenvalue weighted by Gasteiger charge is -2.11. The van der Waals surface area contributed by atoms with Gasteiger partial charge in [-0.3, -0.25) is 4.79 Å². The molecular formula is C12H10F3N3OS2. The number of amides is 1. The summed E-state index contributed by atoms with van der Waals surface area (Å²) in [6.07, 6.45) is 0. The summed E-state index contributed by atoms with van der Waals surface area (Å²) < 4.78 is 39.9. The second-order valence-electron chi connectivity index (χ2n) is 4.06. The minimum atomic E-state index is -1.62. The Balaban J connectivity index is 2.05. The molecule has 0 unspecified atom stereocenters. The predicted octanol–water partition coefficient (Wildman–Crippen LogP) is 3.38. The molecule has 21 heavy (non-hydrogen) atoms. The summed E-state index contributed by atoms with van der Waals surface area (Å²) in [5, 5.41) is 10.1. The maximum atomic E-state index is 13.5. The number of thioether (sulfide) groups is 1. The molecule has 0 fully saturated rings. The van der Waals surface area contributed by atoms with Crippen LogP contribution in [0.3, 0.4) is 0 Å². The van der Waals surface area contributed by atoms with E-state index in [1.165, 1.54) is 11.3 Å². The summed E-state index contributed by atoms with van der Waals surface area (Å²) in [6, 6.07) is 1.72. The number of anilines is 1. The predicted molar refractivity (Wildman–Crippen MR) is 74.9 cm³/mol. The van der Waals surface area contributed by atoms with Crippen LogP contribution in [0.2, 0.25) is 0 Å². The van der Waals surface area contributed by atoms with Crippen molar-refractivity contribution >= 4 is 34.7 Å². The van der Waals surface area contributed by atoms with E-state index in [0.29, 0.717) is 4.34 Å². The molecule has 9 heteroatoms. The van der Waals surface area contributed by atoms with Gasteiger partial charge in [0.05, 0.1) is 10.9 Å². The Hall–Kier alpha value is -1.61. The van der Waals surface area contributed by atoms with Crippen molar-refractivity contribution in [3.63, 3.8) is 0 Å². The van der Waals surface area contributed by atoms with Gasteiger partial charge in [-0.25, -0.2) is 13.2 Å². The number of carbonyl (C=O) groups is 1. The van der Waals surface area contributed by atoms with Crippen molar-refractivity contribution in [1.29, 1.82) is 0 Å². The number of carbonyl (C=O) groups excluding carboxylic acids is 1. The fourth-order valence-electron chi connectivity index (χ4n) is 1.39. The highest BCUT2D eigenvalue weighted by Gasteiger charge is 2.20. The van der Waals surface area contributed by atoms with Crippen molar-refractivity contribution in [3.05, 3.63) is 34.6 Å². The fourth-order valence-corrected chi connectivity index (χ4v) is 3.35. The Labute approximate surface area is 126 Å². The van der Waals surface area contributed by atoms with Crippen LogP contribution in [0.15, 0.2) is 16.5 Å². The Kier molecular flexibility index (Phi) is 4.84. The van der Waals surface area contributed by atoms with Gasteiger partial charge in [0.1, 0.15) is 5.01 Å². The molecule has 0 bridgehead atoms. The van der Waals surface area contributed by atoms with E-state index in [1.54, 1.807) is 13.8 Å². The van der Waals surface area contributed by atoms with Gasteiger partial charge in [-0.2, -0.15) is 0 Å². The molecule has 0 aliphatic heterocycles. The van der Waals surface area contributed by atoms with Crippen LogP contribution in [0.4, 0.5) is 18.9 Å². The first-order valence-electron chi connectivity index (χ1n) is 5.79. The lowest BCUT2D eigenvalue weighted by Crippen LogP contribution is -2.23. The quantitative estimate of drug-likeness (QED) is 0.688. The lowest BCUT2D eigenvalue weighted by molar-refractivity contribution is -0.115. The van der Waals surface area contributed by atoms with Crippen LogP contribution < -0.4 is 5.32 Å². The molecule has 2 rings (SSSR count). The molecule has 4 nitrogen and oxygen atoms in total. The number of nitrogens with zero attached hydrogens (tertiary/aromatic N) is 2. The summed E-state index contributed by atoms with van der Waals surface area (Å²) in [6.45, 7) is 3.37. The van der Waals surface area contributed by atoms with Gasteiger partial charge in [0.15, 0.2) is 21.8 Å². The Bertz CT molecular complexity index is 678. The standard InChI is InChI=1S/C12H10F3N3OS2/c1-5(20-12-18-17-6(2)21-12)11(19)16-8-4-3-7(13)9(14)10(8)15/h3-5H,1-2H3,(H,16,19)/t5-/m1/s1. The van der Waals surface area contributed by atoms with E-state index in [-0.39, 0.29) is 0 Å². The molecule has 1 heterocycles. The van der Waals surface area contributed by atoms with Crippen LogP contribution in [0.25, 0.3) is 0 Å². The number of hydrogen-bond acceptors (Lipinski definition) is 5. The van der Waals surface area contributed by atoms with E-state index < -0.39 is 34.3 Å². The molecule has 1 atom stereocenters. The minimum absolute atomic E-state index is 0.403. The summed E-state index contributed by atoms with van der Waals surface area (Å²) in [7, 11) is 0. The van der Waals surface area contributed by atoms with Gasteiger partial charge in [0, 0.05) is 0 Å². The van der Waals surface area contributed by atoms with Crippen molar-refractivity contribution in [1.82, 2.24) is 10.2 Å². The zero-order valence-corrected chi connectivity index (χ0v) is 12.6. The first kappa shape index (κ1) is 15.8. The Morgan fingerprint density at radius 3 is 2.62 bits per heavy atom. The maximum absolute atomic E-state index is 13.5. The van der Waals surface area contributed by atoms with Gasteiger partial charge < -0.3 is 5.32 Å². The van der Waals surface area contributed by atoms with Crippen molar-refractivity contribution in [2.75, 3.05) is 5.32 Å². The summed E-state index contributed by atoms with van der Waals surface area (Å²) in [4.78, 5) is 11.9. The number of nitrogens with one attached hydrogen (secondary N) is 1. The van der Waals surface area contributed by atoms with E-state index in [9.17, 15) is 18.0 Å². The highest BCUT2D eigenvalue weighted by Crippen LogP contribution is 2.27.